The minimum Gasteiger partial charge on any atom is -0.497 e. The first kappa shape index (κ1) is 19.0. The molecule has 142 valence electrons. The second-order valence-corrected chi connectivity index (χ2v) is 7.28. The number of benzene rings is 2. The molecule has 0 fully saturated rings. The number of nitrogens with one attached hydrogen (secondary N) is 1. The lowest BCUT2D eigenvalue weighted by Gasteiger charge is -2.18. The van der Waals surface area contributed by atoms with Gasteiger partial charge in [0.05, 0.1) is 30.6 Å². The van der Waals surface area contributed by atoms with Crippen molar-refractivity contribution in [2.75, 3.05) is 7.11 Å². The number of hydrogen-bond acceptors (Lipinski definition) is 3. The molecule has 5 heteroatoms. The number of aromatic nitrogens is 2. The molecule has 0 aliphatic carbocycles. The maximum absolute atomic E-state index is 12.5. The van der Waals surface area contributed by atoms with Gasteiger partial charge in [0.15, 0.2) is 0 Å². The molecular weight excluding hydrogens is 338 g/mol. The number of amides is 1. The molecule has 1 amide bonds. The van der Waals surface area contributed by atoms with Crippen molar-refractivity contribution in [1.82, 2.24) is 14.9 Å². The molecule has 0 aliphatic heterocycles. The summed E-state index contributed by atoms with van der Waals surface area (Å²) in [5.74, 6) is 2.15. The topological polar surface area (TPSA) is 56.1 Å². The minimum absolute atomic E-state index is 0.0178. The first-order valence-corrected chi connectivity index (χ1v) is 9.35. The van der Waals surface area contributed by atoms with Gasteiger partial charge in [-0.15, -0.1) is 0 Å². The Labute approximate surface area is 160 Å². The van der Waals surface area contributed by atoms with Crippen LogP contribution in [-0.2, 0) is 17.8 Å². The summed E-state index contributed by atoms with van der Waals surface area (Å²) in [6.07, 6.45) is 0.332. The molecular formula is C22H27N3O2. The van der Waals surface area contributed by atoms with Crippen molar-refractivity contribution in [3.63, 3.8) is 0 Å². The highest BCUT2D eigenvalue weighted by Crippen LogP contribution is 2.22. The van der Waals surface area contributed by atoms with Crippen molar-refractivity contribution in [3.05, 3.63) is 59.9 Å². The summed E-state index contributed by atoms with van der Waals surface area (Å²) in [5, 5.41) is 3.09. The smallest absolute Gasteiger partial charge is 0.224 e. The molecule has 1 aromatic heterocycles. The molecule has 0 saturated heterocycles. The Morgan fingerprint density at radius 2 is 1.81 bits per heavy atom. The van der Waals surface area contributed by atoms with E-state index >= 15 is 0 Å². The van der Waals surface area contributed by atoms with Crippen LogP contribution in [0.15, 0.2) is 48.5 Å². The monoisotopic (exact) mass is 365 g/mol. The van der Waals surface area contributed by atoms with Gasteiger partial charge in [-0.1, -0.05) is 38.1 Å². The Bertz CT molecular complexity index is 913. The fourth-order valence-corrected chi connectivity index (χ4v) is 3.27. The van der Waals surface area contributed by atoms with Gasteiger partial charge in [0, 0.05) is 6.54 Å². The van der Waals surface area contributed by atoms with Gasteiger partial charge >= 0.3 is 0 Å². The van der Waals surface area contributed by atoms with Gasteiger partial charge in [-0.25, -0.2) is 4.98 Å². The predicted molar refractivity (Wildman–Crippen MR) is 108 cm³/mol. The number of imidazole rings is 1. The Kier molecular flexibility index (Phi) is 5.79. The number of carbonyl (C=O) groups excluding carboxylic acids is 1. The maximum atomic E-state index is 12.5. The highest BCUT2D eigenvalue weighted by Gasteiger charge is 2.19. The number of fused-ring (bicyclic) bond motifs is 1. The quantitative estimate of drug-likeness (QED) is 0.685. The van der Waals surface area contributed by atoms with Gasteiger partial charge in [0.25, 0.3) is 0 Å². The number of carbonyl (C=O) groups is 1. The summed E-state index contributed by atoms with van der Waals surface area (Å²) in [6, 6.07) is 15.5. The van der Waals surface area contributed by atoms with Crippen molar-refractivity contribution < 1.29 is 9.53 Å². The average Bonchev–Trinajstić information content (AvgIpc) is 3.00. The van der Waals surface area contributed by atoms with Crippen LogP contribution in [0, 0.1) is 5.92 Å². The summed E-state index contributed by atoms with van der Waals surface area (Å²) < 4.78 is 7.38. The van der Waals surface area contributed by atoms with Crippen molar-refractivity contribution in [3.8, 4) is 5.75 Å². The lowest BCUT2D eigenvalue weighted by molar-refractivity contribution is -0.121. The summed E-state index contributed by atoms with van der Waals surface area (Å²) in [4.78, 5) is 17.3. The molecule has 27 heavy (non-hydrogen) atoms. The van der Waals surface area contributed by atoms with E-state index in [1.54, 1.807) is 7.11 Å². The number of methoxy groups -OCH3 is 1. The van der Waals surface area contributed by atoms with Crippen LogP contribution in [0.25, 0.3) is 11.0 Å². The van der Waals surface area contributed by atoms with Crippen LogP contribution in [0.3, 0.4) is 0 Å². The van der Waals surface area contributed by atoms with Crippen LogP contribution in [0.4, 0.5) is 0 Å². The van der Waals surface area contributed by atoms with E-state index in [0.717, 1.165) is 34.7 Å². The van der Waals surface area contributed by atoms with Gasteiger partial charge in [-0.2, -0.15) is 0 Å². The van der Waals surface area contributed by atoms with Gasteiger partial charge < -0.3 is 14.6 Å². The van der Waals surface area contributed by atoms with Gasteiger partial charge in [0.1, 0.15) is 11.6 Å². The Morgan fingerprint density at radius 1 is 1.11 bits per heavy atom. The van der Waals surface area contributed by atoms with Crippen LogP contribution in [0.1, 0.15) is 38.2 Å². The van der Waals surface area contributed by atoms with Crippen LogP contribution in [0.5, 0.6) is 5.75 Å². The number of rotatable bonds is 7. The van der Waals surface area contributed by atoms with E-state index in [0.29, 0.717) is 12.3 Å². The molecule has 1 heterocycles. The first-order chi connectivity index (χ1) is 13.0. The minimum atomic E-state index is -0.165. The second-order valence-electron chi connectivity index (χ2n) is 7.28. The van der Waals surface area contributed by atoms with Crippen LogP contribution in [0.2, 0.25) is 0 Å². The molecule has 0 bridgehead atoms. The van der Waals surface area contributed by atoms with E-state index in [2.05, 4.69) is 29.8 Å². The fourth-order valence-electron chi connectivity index (χ4n) is 3.27. The maximum Gasteiger partial charge on any atom is 0.224 e. The first-order valence-electron chi connectivity index (χ1n) is 9.35. The molecule has 0 radical (unpaired) electrons. The van der Waals surface area contributed by atoms with Crippen molar-refractivity contribution in [1.29, 1.82) is 0 Å². The molecule has 1 atom stereocenters. The average molecular weight is 365 g/mol. The van der Waals surface area contributed by atoms with E-state index in [4.69, 9.17) is 9.72 Å². The lowest BCUT2D eigenvalue weighted by atomic mass is 10.1. The van der Waals surface area contributed by atoms with E-state index in [-0.39, 0.29) is 11.9 Å². The third kappa shape index (κ3) is 4.48. The van der Waals surface area contributed by atoms with Crippen LogP contribution in [-0.4, -0.2) is 22.6 Å². The molecule has 1 N–H and O–H groups in total. The fraction of sp³-hybridized carbons (Fsp3) is 0.364. The number of para-hydroxylation sites is 2. The zero-order valence-corrected chi connectivity index (χ0v) is 16.4. The van der Waals surface area contributed by atoms with Gasteiger partial charge in [-0.3, -0.25) is 4.79 Å². The predicted octanol–water partition coefficient (Wildman–Crippen LogP) is 4.12. The summed E-state index contributed by atoms with van der Waals surface area (Å²) in [7, 11) is 1.63. The molecule has 3 rings (SSSR count). The largest absolute Gasteiger partial charge is 0.497 e. The van der Waals surface area contributed by atoms with Crippen LogP contribution >= 0.6 is 0 Å². The van der Waals surface area contributed by atoms with Gasteiger partial charge in [-0.05, 0) is 42.7 Å². The number of ether oxygens (including phenoxy) is 1. The van der Waals surface area contributed by atoms with E-state index in [1.165, 1.54) is 0 Å². The van der Waals surface area contributed by atoms with Crippen molar-refractivity contribution in [2.45, 2.75) is 39.8 Å². The lowest BCUT2D eigenvalue weighted by Crippen LogP contribution is -2.30. The zero-order chi connectivity index (χ0) is 19.4. The third-order valence-corrected chi connectivity index (χ3v) is 4.52. The standard InChI is InChI=1S/C22H27N3O2/c1-15(2)14-25-20-8-6-5-7-19(20)24-22(25)16(3)23-21(26)13-17-9-11-18(27-4)12-10-17/h5-12,15-16H,13-14H2,1-4H3,(H,23,26). The number of nitrogens with zero attached hydrogens (tertiary/aromatic N) is 2. The molecule has 0 saturated carbocycles. The van der Waals surface area contributed by atoms with Crippen LogP contribution < -0.4 is 10.1 Å². The molecule has 0 spiro atoms. The van der Waals surface area contributed by atoms with E-state index < -0.39 is 0 Å². The summed E-state index contributed by atoms with van der Waals surface area (Å²) >= 11 is 0. The van der Waals surface area contributed by atoms with Gasteiger partial charge in [0.2, 0.25) is 5.91 Å². The molecule has 3 aromatic rings. The molecule has 2 aromatic carbocycles. The second kappa shape index (κ2) is 8.25. The number of hydrogen-bond donors (Lipinski definition) is 1. The SMILES string of the molecule is COc1ccc(CC(=O)NC(C)c2nc3ccccc3n2CC(C)C)cc1. The molecule has 0 aliphatic rings. The highest BCUT2D eigenvalue weighted by atomic mass is 16.5. The summed E-state index contributed by atoms with van der Waals surface area (Å²) in [6.45, 7) is 7.23. The summed E-state index contributed by atoms with van der Waals surface area (Å²) in [5.41, 5.74) is 3.03. The molecule has 1 unspecified atom stereocenters. The van der Waals surface area contributed by atoms with Crippen molar-refractivity contribution >= 4 is 16.9 Å². The van der Waals surface area contributed by atoms with E-state index in [9.17, 15) is 4.79 Å². The van der Waals surface area contributed by atoms with Crippen molar-refractivity contribution in [2.24, 2.45) is 5.92 Å². The highest BCUT2D eigenvalue weighted by molar-refractivity contribution is 5.79. The zero-order valence-electron chi connectivity index (χ0n) is 16.4. The van der Waals surface area contributed by atoms with E-state index in [1.807, 2.05) is 49.4 Å². The Balaban J connectivity index is 1.76. The normalized spacial score (nSPS) is 12.3. The Morgan fingerprint density at radius 3 is 2.48 bits per heavy atom. The third-order valence-electron chi connectivity index (χ3n) is 4.52. The molecule has 5 nitrogen and oxygen atoms in total. The Hall–Kier alpha value is -2.82.